The van der Waals surface area contributed by atoms with Crippen molar-refractivity contribution in [2.45, 2.75) is 37.9 Å². The lowest BCUT2D eigenvalue weighted by atomic mass is 10.1. The van der Waals surface area contributed by atoms with E-state index in [2.05, 4.69) is 46.2 Å². The molecule has 2 aliphatic rings. The van der Waals surface area contributed by atoms with Crippen LogP contribution in [0, 0.1) is 0 Å². The molecule has 0 saturated carbocycles. The molecule has 2 unspecified atom stereocenters. The first kappa shape index (κ1) is 15.4. The molecule has 0 spiro atoms. The molecule has 0 aromatic heterocycles. The summed E-state index contributed by atoms with van der Waals surface area (Å²) in [5, 5.41) is 0. The van der Waals surface area contributed by atoms with Crippen LogP contribution in [0.25, 0.3) is 0 Å². The molecular formula is C21H24N2O. The molecule has 0 N–H and O–H groups in total. The Labute approximate surface area is 143 Å². The molecule has 0 bridgehead atoms. The second-order valence-corrected chi connectivity index (χ2v) is 6.85. The monoisotopic (exact) mass is 320 g/mol. The summed E-state index contributed by atoms with van der Waals surface area (Å²) in [4.78, 5) is 17.6. The molecule has 24 heavy (non-hydrogen) atoms. The summed E-state index contributed by atoms with van der Waals surface area (Å²) >= 11 is 0. The van der Waals surface area contributed by atoms with Gasteiger partial charge in [0.1, 0.15) is 6.17 Å². The third kappa shape index (κ3) is 2.96. The number of rotatable bonds is 4. The van der Waals surface area contributed by atoms with Crippen LogP contribution in [0.2, 0.25) is 0 Å². The maximum atomic E-state index is 12.9. The van der Waals surface area contributed by atoms with Gasteiger partial charge in [0, 0.05) is 25.6 Å². The molecule has 124 valence electrons. The van der Waals surface area contributed by atoms with Gasteiger partial charge in [-0.05, 0) is 30.4 Å². The van der Waals surface area contributed by atoms with Crippen molar-refractivity contribution in [2.24, 2.45) is 0 Å². The van der Waals surface area contributed by atoms with Gasteiger partial charge in [0.2, 0.25) is 5.91 Å². The maximum Gasteiger partial charge on any atom is 0.224 e. The van der Waals surface area contributed by atoms with Crippen molar-refractivity contribution in [3.63, 3.8) is 0 Å². The summed E-state index contributed by atoms with van der Waals surface area (Å²) in [6.45, 7) is 1.99. The fraction of sp³-hybridized carbons (Fsp3) is 0.381. The van der Waals surface area contributed by atoms with Crippen LogP contribution in [-0.4, -0.2) is 34.8 Å². The number of hydrogen-bond acceptors (Lipinski definition) is 2. The predicted octanol–water partition coefficient (Wildman–Crippen LogP) is 3.62. The summed E-state index contributed by atoms with van der Waals surface area (Å²) in [5.41, 5.74) is 2.48. The van der Waals surface area contributed by atoms with E-state index >= 15 is 0 Å². The van der Waals surface area contributed by atoms with Crippen molar-refractivity contribution in [3.8, 4) is 0 Å². The lowest BCUT2D eigenvalue weighted by Crippen LogP contribution is -2.35. The molecule has 3 nitrogen and oxygen atoms in total. The second-order valence-electron chi connectivity index (χ2n) is 6.85. The zero-order valence-corrected chi connectivity index (χ0v) is 14.0. The van der Waals surface area contributed by atoms with E-state index in [1.807, 2.05) is 24.3 Å². The zero-order valence-electron chi connectivity index (χ0n) is 14.0. The highest BCUT2D eigenvalue weighted by Gasteiger charge is 2.44. The van der Waals surface area contributed by atoms with Gasteiger partial charge in [0.05, 0.1) is 0 Å². The fourth-order valence-corrected chi connectivity index (χ4v) is 4.16. The molecule has 3 heteroatoms. The summed E-state index contributed by atoms with van der Waals surface area (Å²) in [6.07, 6.45) is 4.00. The number of hydrogen-bond donors (Lipinski definition) is 0. The quantitative estimate of drug-likeness (QED) is 0.859. The number of fused-ring (bicyclic) bond motifs is 1. The van der Waals surface area contributed by atoms with Crippen molar-refractivity contribution in [3.05, 3.63) is 71.8 Å². The summed E-state index contributed by atoms with van der Waals surface area (Å²) < 4.78 is 0. The van der Waals surface area contributed by atoms with Gasteiger partial charge in [-0.2, -0.15) is 0 Å². The standard InChI is InChI=1S/C21H24N2O/c24-20(14-13-17-8-3-1-4-9-17)23-16-19-12-7-15-22(19)21(23)18-10-5-2-6-11-18/h1-6,8-11,19,21H,7,12-16H2. The maximum absolute atomic E-state index is 12.9. The fourth-order valence-electron chi connectivity index (χ4n) is 4.16. The minimum atomic E-state index is 0.127. The van der Waals surface area contributed by atoms with Crippen LogP contribution in [0.3, 0.4) is 0 Å². The molecule has 2 saturated heterocycles. The largest absolute Gasteiger partial charge is 0.321 e. The van der Waals surface area contributed by atoms with Gasteiger partial charge >= 0.3 is 0 Å². The summed E-state index contributed by atoms with van der Waals surface area (Å²) in [7, 11) is 0. The molecule has 4 rings (SSSR count). The molecule has 0 aliphatic carbocycles. The summed E-state index contributed by atoms with van der Waals surface area (Å²) in [6, 6.07) is 21.3. The van der Waals surface area contributed by atoms with E-state index in [1.54, 1.807) is 0 Å². The van der Waals surface area contributed by atoms with E-state index in [0.29, 0.717) is 12.5 Å². The normalized spacial score (nSPS) is 23.4. The van der Waals surface area contributed by atoms with Gasteiger partial charge in [-0.15, -0.1) is 0 Å². The molecule has 2 heterocycles. The van der Waals surface area contributed by atoms with Crippen LogP contribution in [-0.2, 0) is 11.2 Å². The van der Waals surface area contributed by atoms with Gasteiger partial charge in [0.15, 0.2) is 0 Å². The first-order valence-corrected chi connectivity index (χ1v) is 8.97. The molecule has 2 fully saturated rings. The third-order valence-corrected chi connectivity index (χ3v) is 5.33. The average molecular weight is 320 g/mol. The Morgan fingerprint density at radius 1 is 1.00 bits per heavy atom. The van der Waals surface area contributed by atoms with Crippen LogP contribution in [0.5, 0.6) is 0 Å². The molecule has 0 radical (unpaired) electrons. The van der Waals surface area contributed by atoms with Crippen LogP contribution in [0.4, 0.5) is 0 Å². The number of amides is 1. The van der Waals surface area contributed by atoms with E-state index in [0.717, 1.165) is 19.5 Å². The molecular weight excluding hydrogens is 296 g/mol. The summed E-state index contributed by atoms with van der Waals surface area (Å²) in [5.74, 6) is 0.280. The van der Waals surface area contributed by atoms with E-state index in [4.69, 9.17) is 0 Å². The van der Waals surface area contributed by atoms with Crippen LogP contribution in [0.1, 0.15) is 36.6 Å². The highest BCUT2D eigenvalue weighted by atomic mass is 16.2. The van der Waals surface area contributed by atoms with E-state index in [9.17, 15) is 4.79 Å². The van der Waals surface area contributed by atoms with Gasteiger partial charge in [0.25, 0.3) is 0 Å². The lowest BCUT2D eigenvalue weighted by Gasteiger charge is -2.30. The van der Waals surface area contributed by atoms with Gasteiger partial charge in [-0.3, -0.25) is 9.69 Å². The first-order chi connectivity index (χ1) is 11.8. The Hall–Kier alpha value is -2.13. The van der Waals surface area contributed by atoms with Crippen molar-refractivity contribution in [1.82, 2.24) is 9.80 Å². The Kier molecular flexibility index (Phi) is 4.35. The van der Waals surface area contributed by atoms with Gasteiger partial charge in [-0.25, -0.2) is 0 Å². The Balaban J connectivity index is 1.51. The van der Waals surface area contributed by atoms with E-state index < -0.39 is 0 Å². The van der Waals surface area contributed by atoms with E-state index in [-0.39, 0.29) is 12.1 Å². The van der Waals surface area contributed by atoms with Crippen LogP contribution < -0.4 is 0 Å². The Morgan fingerprint density at radius 3 is 2.46 bits per heavy atom. The number of carbonyl (C=O) groups excluding carboxylic acids is 1. The minimum absolute atomic E-state index is 0.127. The predicted molar refractivity (Wildman–Crippen MR) is 95.4 cm³/mol. The zero-order chi connectivity index (χ0) is 16.4. The molecule has 2 aliphatic heterocycles. The second kappa shape index (κ2) is 6.78. The van der Waals surface area contributed by atoms with Crippen molar-refractivity contribution in [2.75, 3.05) is 13.1 Å². The van der Waals surface area contributed by atoms with Gasteiger partial charge < -0.3 is 4.90 Å². The van der Waals surface area contributed by atoms with Crippen molar-refractivity contribution < 1.29 is 4.79 Å². The Morgan fingerprint density at radius 2 is 1.71 bits per heavy atom. The van der Waals surface area contributed by atoms with Crippen molar-refractivity contribution in [1.29, 1.82) is 0 Å². The third-order valence-electron chi connectivity index (χ3n) is 5.33. The number of nitrogens with zero attached hydrogens (tertiary/aromatic N) is 2. The smallest absolute Gasteiger partial charge is 0.224 e. The van der Waals surface area contributed by atoms with Gasteiger partial charge in [-0.1, -0.05) is 60.7 Å². The molecule has 2 aromatic rings. The van der Waals surface area contributed by atoms with Crippen molar-refractivity contribution >= 4 is 5.91 Å². The average Bonchev–Trinajstić information content (AvgIpc) is 3.22. The van der Waals surface area contributed by atoms with Crippen LogP contribution >= 0.6 is 0 Å². The molecule has 2 atom stereocenters. The van der Waals surface area contributed by atoms with Crippen LogP contribution in [0.15, 0.2) is 60.7 Å². The topological polar surface area (TPSA) is 23.6 Å². The highest BCUT2D eigenvalue weighted by molar-refractivity contribution is 5.77. The number of benzene rings is 2. The Bertz CT molecular complexity index is 685. The minimum Gasteiger partial charge on any atom is -0.321 e. The number of aryl methyl sites for hydroxylation is 1. The number of carbonyl (C=O) groups is 1. The SMILES string of the molecule is O=C(CCc1ccccc1)N1CC2CCCN2C1c1ccccc1. The van der Waals surface area contributed by atoms with E-state index in [1.165, 1.54) is 24.0 Å². The highest BCUT2D eigenvalue weighted by Crippen LogP contribution is 2.39. The lowest BCUT2D eigenvalue weighted by molar-refractivity contribution is -0.133. The first-order valence-electron chi connectivity index (χ1n) is 8.97. The molecule has 1 amide bonds. The molecule has 2 aromatic carbocycles.